The first kappa shape index (κ1) is 22.4. The molecule has 0 radical (unpaired) electrons. The Morgan fingerprint density at radius 3 is 2.47 bits per heavy atom. The molecule has 7 heteroatoms. The van der Waals surface area contributed by atoms with Gasteiger partial charge in [-0.1, -0.05) is 17.7 Å². The molecule has 0 bridgehead atoms. The van der Waals surface area contributed by atoms with Gasteiger partial charge in [0, 0.05) is 30.9 Å². The van der Waals surface area contributed by atoms with Crippen molar-refractivity contribution in [2.24, 2.45) is 0 Å². The molecule has 3 heterocycles. The van der Waals surface area contributed by atoms with Crippen LogP contribution in [0.5, 0.6) is 0 Å². The third kappa shape index (κ3) is 4.15. The second-order valence-electron chi connectivity index (χ2n) is 9.70. The fourth-order valence-electron chi connectivity index (χ4n) is 5.44. The smallest absolute Gasteiger partial charge is 0.253 e. The van der Waals surface area contributed by atoms with Crippen LogP contribution in [0.3, 0.4) is 0 Å². The lowest BCUT2D eigenvalue weighted by atomic mass is 9.95. The van der Waals surface area contributed by atoms with Crippen molar-refractivity contribution in [2.45, 2.75) is 52.0 Å². The van der Waals surface area contributed by atoms with Crippen molar-refractivity contribution in [1.29, 1.82) is 0 Å². The van der Waals surface area contributed by atoms with Gasteiger partial charge in [0.2, 0.25) is 11.8 Å². The fraction of sp³-hybridized carbons (Fsp3) is 0.444. The van der Waals surface area contributed by atoms with Crippen LogP contribution in [0.25, 0.3) is 0 Å². The molecular formula is C27H32N4O3. The van der Waals surface area contributed by atoms with E-state index in [1.54, 1.807) is 4.90 Å². The molecule has 0 spiro atoms. The maximum atomic E-state index is 13.6. The number of rotatable bonds is 4. The van der Waals surface area contributed by atoms with Crippen LogP contribution in [-0.2, 0) is 9.59 Å². The minimum atomic E-state index is -0.254. The minimum absolute atomic E-state index is 0.00630. The summed E-state index contributed by atoms with van der Waals surface area (Å²) >= 11 is 0. The van der Waals surface area contributed by atoms with Gasteiger partial charge in [-0.25, -0.2) is 0 Å². The highest BCUT2D eigenvalue weighted by molar-refractivity contribution is 6.11. The number of aryl methyl sites for hydroxylation is 2. The van der Waals surface area contributed by atoms with E-state index in [-0.39, 0.29) is 30.3 Å². The normalized spacial score (nSPS) is 19.6. The van der Waals surface area contributed by atoms with Gasteiger partial charge < -0.3 is 15.1 Å². The molecule has 178 valence electrons. The summed E-state index contributed by atoms with van der Waals surface area (Å²) < 4.78 is 0. The molecule has 1 atom stereocenters. The maximum Gasteiger partial charge on any atom is 0.253 e. The standard InChI is InChI=1S/C27H32N4O3/c1-18-8-10-21(19(2)15-18)28-25(32)17-31-24-16-20(26(33)29-12-5-6-13-29)9-11-22(24)30-14-4-3-7-23(30)27(31)34/h8-11,15-16,23H,3-7,12-14,17H2,1-2H3,(H,28,32)/t23-/m1/s1. The first-order valence-electron chi connectivity index (χ1n) is 12.3. The summed E-state index contributed by atoms with van der Waals surface area (Å²) in [5.74, 6) is -0.311. The zero-order chi connectivity index (χ0) is 23.8. The van der Waals surface area contributed by atoms with Crippen LogP contribution in [0.4, 0.5) is 17.1 Å². The van der Waals surface area contributed by atoms with E-state index in [2.05, 4.69) is 10.2 Å². The lowest BCUT2D eigenvalue weighted by molar-refractivity contribution is -0.123. The largest absolute Gasteiger partial charge is 0.358 e. The van der Waals surface area contributed by atoms with Gasteiger partial charge in [0.1, 0.15) is 12.6 Å². The predicted octanol–water partition coefficient (Wildman–Crippen LogP) is 3.88. The van der Waals surface area contributed by atoms with Crippen molar-refractivity contribution in [2.75, 3.05) is 41.3 Å². The molecule has 0 unspecified atom stereocenters. The summed E-state index contributed by atoms with van der Waals surface area (Å²) in [5, 5.41) is 2.97. The molecule has 0 aliphatic carbocycles. The average molecular weight is 461 g/mol. The van der Waals surface area contributed by atoms with Gasteiger partial charge in [-0.05, 0) is 75.8 Å². The quantitative estimate of drug-likeness (QED) is 0.752. The van der Waals surface area contributed by atoms with Crippen LogP contribution < -0.4 is 15.1 Å². The van der Waals surface area contributed by atoms with Crippen LogP contribution in [0.15, 0.2) is 36.4 Å². The summed E-state index contributed by atoms with van der Waals surface area (Å²) in [5.41, 5.74) is 5.02. The van der Waals surface area contributed by atoms with Gasteiger partial charge in [-0.15, -0.1) is 0 Å². The first-order valence-corrected chi connectivity index (χ1v) is 12.3. The summed E-state index contributed by atoms with van der Waals surface area (Å²) in [6.45, 7) is 6.24. The van der Waals surface area contributed by atoms with Crippen LogP contribution in [-0.4, -0.2) is 54.8 Å². The third-order valence-corrected chi connectivity index (χ3v) is 7.23. The molecule has 2 aromatic carbocycles. The van der Waals surface area contributed by atoms with E-state index < -0.39 is 0 Å². The molecule has 3 amide bonds. The first-order chi connectivity index (χ1) is 16.4. The predicted molar refractivity (Wildman–Crippen MR) is 133 cm³/mol. The highest BCUT2D eigenvalue weighted by Crippen LogP contribution is 2.40. The van der Waals surface area contributed by atoms with Crippen molar-refractivity contribution in [1.82, 2.24) is 4.90 Å². The minimum Gasteiger partial charge on any atom is -0.358 e. The van der Waals surface area contributed by atoms with Gasteiger partial charge in [-0.2, -0.15) is 0 Å². The zero-order valence-corrected chi connectivity index (χ0v) is 20.0. The van der Waals surface area contributed by atoms with Gasteiger partial charge in [0.15, 0.2) is 0 Å². The highest BCUT2D eigenvalue weighted by Gasteiger charge is 2.40. The fourth-order valence-corrected chi connectivity index (χ4v) is 5.44. The Bertz CT molecular complexity index is 1140. The number of carbonyl (C=O) groups excluding carboxylic acids is 3. The van der Waals surface area contributed by atoms with E-state index in [0.717, 1.165) is 74.2 Å². The number of carbonyl (C=O) groups is 3. The number of likely N-dealkylation sites (tertiary alicyclic amines) is 1. The number of hydrogen-bond donors (Lipinski definition) is 1. The Labute approximate surface area is 200 Å². The van der Waals surface area contributed by atoms with E-state index in [0.29, 0.717) is 11.3 Å². The lowest BCUT2D eigenvalue weighted by Gasteiger charge is -2.45. The molecule has 0 saturated carbocycles. The molecule has 3 aliphatic rings. The van der Waals surface area contributed by atoms with E-state index >= 15 is 0 Å². The molecule has 0 aromatic heterocycles. The Morgan fingerprint density at radius 1 is 0.941 bits per heavy atom. The topological polar surface area (TPSA) is 73.0 Å². The van der Waals surface area contributed by atoms with Crippen molar-refractivity contribution in [3.05, 3.63) is 53.1 Å². The summed E-state index contributed by atoms with van der Waals surface area (Å²) in [6.07, 6.45) is 4.86. The number of anilines is 3. The number of piperidine rings is 1. The van der Waals surface area contributed by atoms with Gasteiger partial charge in [-0.3, -0.25) is 19.3 Å². The number of amides is 3. The van der Waals surface area contributed by atoms with E-state index in [1.165, 1.54) is 0 Å². The number of hydrogen-bond acceptors (Lipinski definition) is 4. The molecule has 7 nitrogen and oxygen atoms in total. The Morgan fingerprint density at radius 2 is 1.71 bits per heavy atom. The van der Waals surface area contributed by atoms with Crippen molar-refractivity contribution >= 4 is 34.8 Å². The van der Waals surface area contributed by atoms with Crippen LogP contribution in [0.1, 0.15) is 53.6 Å². The third-order valence-electron chi connectivity index (χ3n) is 7.23. The summed E-state index contributed by atoms with van der Waals surface area (Å²) in [7, 11) is 0. The van der Waals surface area contributed by atoms with Crippen LogP contribution in [0, 0.1) is 13.8 Å². The summed E-state index contributed by atoms with van der Waals surface area (Å²) in [6, 6.07) is 11.3. The average Bonchev–Trinajstić information content (AvgIpc) is 3.38. The second-order valence-corrected chi connectivity index (χ2v) is 9.70. The summed E-state index contributed by atoms with van der Waals surface area (Å²) in [4.78, 5) is 45.3. The Kier molecular flexibility index (Phi) is 6.02. The van der Waals surface area contributed by atoms with Crippen molar-refractivity contribution in [3.63, 3.8) is 0 Å². The van der Waals surface area contributed by atoms with Crippen LogP contribution in [0.2, 0.25) is 0 Å². The zero-order valence-electron chi connectivity index (χ0n) is 20.0. The van der Waals surface area contributed by atoms with E-state index in [1.807, 2.05) is 55.1 Å². The molecule has 3 aliphatic heterocycles. The monoisotopic (exact) mass is 460 g/mol. The number of nitrogens with one attached hydrogen (secondary N) is 1. The van der Waals surface area contributed by atoms with Crippen LogP contribution >= 0.6 is 0 Å². The lowest BCUT2D eigenvalue weighted by Crippen LogP contribution is -2.56. The molecule has 1 N–H and O–H groups in total. The van der Waals surface area contributed by atoms with Crippen molar-refractivity contribution < 1.29 is 14.4 Å². The van der Waals surface area contributed by atoms with Gasteiger partial charge in [0.25, 0.3) is 5.91 Å². The number of nitrogens with zero attached hydrogens (tertiary/aromatic N) is 3. The number of fused-ring (bicyclic) bond motifs is 3. The Balaban J connectivity index is 1.45. The molecular weight excluding hydrogens is 428 g/mol. The molecule has 2 aromatic rings. The van der Waals surface area contributed by atoms with Gasteiger partial charge >= 0.3 is 0 Å². The highest BCUT2D eigenvalue weighted by atomic mass is 16.2. The van der Waals surface area contributed by atoms with E-state index in [4.69, 9.17) is 0 Å². The van der Waals surface area contributed by atoms with Gasteiger partial charge in [0.05, 0.1) is 11.4 Å². The molecule has 2 fully saturated rings. The molecule has 5 rings (SSSR count). The maximum absolute atomic E-state index is 13.6. The number of benzene rings is 2. The molecule has 34 heavy (non-hydrogen) atoms. The van der Waals surface area contributed by atoms with E-state index in [9.17, 15) is 14.4 Å². The Hall–Kier alpha value is -3.35. The van der Waals surface area contributed by atoms with Crippen molar-refractivity contribution in [3.8, 4) is 0 Å². The molecule has 2 saturated heterocycles. The SMILES string of the molecule is Cc1ccc(NC(=O)CN2C(=O)[C@H]3CCCCN3c3ccc(C(=O)N4CCCC4)cc32)c(C)c1. The second kappa shape index (κ2) is 9.12.